The van der Waals surface area contributed by atoms with Gasteiger partial charge in [0.15, 0.2) is 0 Å². The maximum atomic E-state index is 12.7. The quantitative estimate of drug-likeness (QED) is 0.783. The predicted octanol–water partition coefficient (Wildman–Crippen LogP) is 1.58. The molecular weight excluding hydrogens is 349 g/mol. The molecule has 0 bridgehead atoms. The fraction of sp³-hybridized carbons (Fsp3) is 0.588. The first-order valence-corrected chi connectivity index (χ1v) is 8.11. The molecule has 1 aromatic carbocycles. The molecule has 24 heavy (non-hydrogen) atoms. The maximum absolute atomic E-state index is 12.7. The fourth-order valence-electron chi connectivity index (χ4n) is 2.74. The first-order valence-electron chi connectivity index (χ1n) is 8.11. The van der Waals surface area contributed by atoms with E-state index in [9.17, 15) is 4.79 Å². The van der Waals surface area contributed by atoms with Gasteiger partial charge in [0.25, 0.3) is 5.91 Å². The van der Waals surface area contributed by atoms with Crippen molar-refractivity contribution in [2.45, 2.75) is 19.4 Å². The average Bonchev–Trinajstić information content (AvgIpc) is 2.59. The largest absolute Gasteiger partial charge is 0.366 e. The Hall–Kier alpha value is -0.850. The van der Waals surface area contributed by atoms with Gasteiger partial charge in [-0.25, -0.2) is 0 Å². The molecule has 1 saturated heterocycles. The highest BCUT2D eigenvalue weighted by Gasteiger charge is 2.29. The third-order valence-corrected chi connectivity index (χ3v) is 4.10. The number of carbonyl (C=O) groups is 1. The lowest BCUT2D eigenvalue weighted by atomic mass is 10.1. The normalized spacial score (nSPS) is 17.5. The number of nitrogens with two attached hydrogens (primary N) is 1. The van der Waals surface area contributed by atoms with Crippen molar-refractivity contribution >= 4 is 30.7 Å². The number of amides is 1. The molecular formula is C17H29Cl2N3O2. The first kappa shape index (κ1) is 23.1. The number of ether oxygens (including phenoxy) is 1. The van der Waals surface area contributed by atoms with Crippen LogP contribution in [0.3, 0.4) is 0 Å². The van der Waals surface area contributed by atoms with Gasteiger partial charge in [-0.15, -0.1) is 24.8 Å². The van der Waals surface area contributed by atoms with Crippen LogP contribution in [0.5, 0.6) is 0 Å². The number of morpholine rings is 1. The van der Waals surface area contributed by atoms with Crippen LogP contribution in [-0.2, 0) is 16.0 Å². The molecule has 1 aliphatic rings. The molecule has 1 amide bonds. The Kier molecular flexibility index (Phi) is 12.1. The summed E-state index contributed by atoms with van der Waals surface area (Å²) >= 11 is 0. The van der Waals surface area contributed by atoms with E-state index >= 15 is 0 Å². The molecule has 2 rings (SSSR count). The van der Waals surface area contributed by atoms with Crippen molar-refractivity contribution in [3.63, 3.8) is 0 Å². The number of hydrogen-bond donors (Lipinski definition) is 1. The predicted molar refractivity (Wildman–Crippen MR) is 102 cm³/mol. The van der Waals surface area contributed by atoms with Crippen LogP contribution in [0.1, 0.15) is 12.5 Å². The number of nitrogens with zero attached hydrogens (tertiary/aromatic N) is 2. The highest BCUT2D eigenvalue weighted by Crippen LogP contribution is 2.09. The van der Waals surface area contributed by atoms with E-state index in [1.807, 2.05) is 23.1 Å². The number of carbonyl (C=O) groups excluding carboxylic acids is 1. The van der Waals surface area contributed by atoms with Crippen LogP contribution in [0.25, 0.3) is 0 Å². The summed E-state index contributed by atoms with van der Waals surface area (Å²) in [5.74, 6) is 0.0690. The van der Waals surface area contributed by atoms with Crippen molar-refractivity contribution < 1.29 is 9.53 Å². The van der Waals surface area contributed by atoms with E-state index in [0.29, 0.717) is 32.8 Å². The highest BCUT2D eigenvalue weighted by molar-refractivity contribution is 5.85. The molecule has 1 unspecified atom stereocenters. The molecule has 0 spiro atoms. The molecule has 1 atom stereocenters. The molecule has 1 aromatic rings. The molecule has 7 heteroatoms. The summed E-state index contributed by atoms with van der Waals surface area (Å²) in [4.78, 5) is 16.8. The molecule has 1 aliphatic heterocycles. The summed E-state index contributed by atoms with van der Waals surface area (Å²) in [6.45, 7) is 7.02. The fourth-order valence-corrected chi connectivity index (χ4v) is 2.74. The summed E-state index contributed by atoms with van der Waals surface area (Å²) in [7, 11) is 0. The van der Waals surface area contributed by atoms with Crippen LogP contribution in [0.2, 0.25) is 0 Å². The Morgan fingerprint density at radius 2 is 2.00 bits per heavy atom. The molecule has 0 saturated carbocycles. The Bertz CT molecular complexity index is 462. The molecule has 1 heterocycles. The van der Waals surface area contributed by atoms with E-state index in [4.69, 9.17) is 10.5 Å². The van der Waals surface area contributed by atoms with Gasteiger partial charge in [-0.2, -0.15) is 0 Å². The molecule has 0 radical (unpaired) electrons. The van der Waals surface area contributed by atoms with Crippen molar-refractivity contribution in [2.75, 3.05) is 45.9 Å². The average molecular weight is 378 g/mol. The molecule has 0 aliphatic carbocycles. The number of benzene rings is 1. The minimum Gasteiger partial charge on any atom is -0.366 e. The molecule has 0 aromatic heterocycles. The van der Waals surface area contributed by atoms with Gasteiger partial charge in [0, 0.05) is 32.7 Å². The van der Waals surface area contributed by atoms with Crippen LogP contribution in [0.15, 0.2) is 30.3 Å². The smallest absolute Gasteiger partial charge is 0.253 e. The topological polar surface area (TPSA) is 58.8 Å². The summed E-state index contributed by atoms with van der Waals surface area (Å²) in [6.07, 6.45) is 0.493. The van der Waals surface area contributed by atoms with Crippen molar-refractivity contribution in [1.82, 2.24) is 9.80 Å². The van der Waals surface area contributed by atoms with E-state index in [2.05, 4.69) is 24.0 Å². The Balaban J connectivity index is 0.00000264. The number of hydrogen-bond acceptors (Lipinski definition) is 4. The zero-order valence-electron chi connectivity index (χ0n) is 14.2. The van der Waals surface area contributed by atoms with Crippen LogP contribution in [0.4, 0.5) is 0 Å². The third kappa shape index (κ3) is 6.95. The summed E-state index contributed by atoms with van der Waals surface area (Å²) in [5.41, 5.74) is 6.91. The van der Waals surface area contributed by atoms with E-state index in [1.165, 1.54) is 5.56 Å². The van der Waals surface area contributed by atoms with Crippen molar-refractivity contribution in [3.05, 3.63) is 35.9 Å². The van der Waals surface area contributed by atoms with Crippen LogP contribution in [-0.4, -0.2) is 67.7 Å². The van der Waals surface area contributed by atoms with Gasteiger partial charge in [0.1, 0.15) is 6.10 Å². The van der Waals surface area contributed by atoms with Crippen LogP contribution < -0.4 is 5.73 Å². The van der Waals surface area contributed by atoms with E-state index in [1.54, 1.807) is 0 Å². The van der Waals surface area contributed by atoms with Gasteiger partial charge in [0.05, 0.1) is 6.61 Å². The second-order valence-corrected chi connectivity index (χ2v) is 5.60. The van der Waals surface area contributed by atoms with Crippen molar-refractivity contribution in [1.29, 1.82) is 0 Å². The molecule has 2 N–H and O–H groups in total. The lowest BCUT2D eigenvalue weighted by molar-refractivity contribution is -0.149. The molecule has 1 fully saturated rings. The Morgan fingerprint density at radius 3 is 2.62 bits per heavy atom. The van der Waals surface area contributed by atoms with Crippen LogP contribution >= 0.6 is 24.8 Å². The van der Waals surface area contributed by atoms with Gasteiger partial charge in [-0.3, -0.25) is 9.69 Å². The van der Waals surface area contributed by atoms with Gasteiger partial charge in [0.2, 0.25) is 0 Å². The minimum absolute atomic E-state index is 0. The summed E-state index contributed by atoms with van der Waals surface area (Å²) in [5, 5.41) is 0. The Morgan fingerprint density at radius 1 is 1.29 bits per heavy atom. The number of rotatable bonds is 7. The number of halogens is 2. The lowest BCUT2D eigenvalue weighted by Gasteiger charge is -2.34. The van der Waals surface area contributed by atoms with Gasteiger partial charge < -0.3 is 15.4 Å². The SMILES string of the molecule is CCN1CCOC(C(=O)N(CCN)CCc2ccccc2)C1.Cl.Cl. The summed E-state index contributed by atoms with van der Waals surface area (Å²) in [6, 6.07) is 10.2. The standard InChI is InChI=1S/C17H27N3O2.2ClH/c1-2-19-12-13-22-16(14-19)17(21)20(11-9-18)10-8-15-6-4-3-5-7-15;;/h3-7,16H,2,8-14,18H2,1H3;2*1H. The Labute approximate surface area is 157 Å². The highest BCUT2D eigenvalue weighted by atomic mass is 35.5. The molecule has 138 valence electrons. The third-order valence-electron chi connectivity index (χ3n) is 4.10. The van der Waals surface area contributed by atoms with Gasteiger partial charge in [-0.05, 0) is 18.5 Å². The van der Waals surface area contributed by atoms with Gasteiger partial charge >= 0.3 is 0 Å². The first-order chi connectivity index (χ1) is 10.7. The zero-order chi connectivity index (χ0) is 15.8. The van der Waals surface area contributed by atoms with Crippen molar-refractivity contribution in [3.8, 4) is 0 Å². The van der Waals surface area contributed by atoms with E-state index in [0.717, 1.165) is 19.5 Å². The minimum atomic E-state index is -0.351. The number of likely N-dealkylation sites (N-methyl/N-ethyl adjacent to an activating group) is 1. The van der Waals surface area contributed by atoms with Crippen molar-refractivity contribution in [2.24, 2.45) is 5.73 Å². The molecule has 5 nitrogen and oxygen atoms in total. The monoisotopic (exact) mass is 377 g/mol. The maximum Gasteiger partial charge on any atom is 0.253 e. The lowest BCUT2D eigenvalue weighted by Crippen LogP contribution is -2.52. The zero-order valence-corrected chi connectivity index (χ0v) is 15.9. The van der Waals surface area contributed by atoms with Crippen LogP contribution in [0, 0.1) is 0 Å². The second-order valence-electron chi connectivity index (χ2n) is 5.60. The van der Waals surface area contributed by atoms with E-state index in [-0.39, 0.29) is 36.8 Å². The summed E-state index contributed by atoms with van der Waals surface area (Å²) < 4.78 is 5.68. The van der Waals surface area contributed by atoms with Gasteiger partial charge in [-0.1, -0.05) is 37.3 Å². The second kappa shape index (κ2) is 12.5. The van der Waals surface area contributed by atoms with E-state index < -0.39 is 0 Å².